The monoisotopic (exact) mass is 771 g/mol. The molecule has 3 aromatic heterocycles. The summed E-state index contributed by atoms with van der Waals surface area (Å²) in [6, 6.07) is 68.2. The van der Waals surface area contributed by atoms with Crippen LogP contribution in [0.3, 0.4) is 0 Å². The largest absolute Gasteiger partial charge is 0.278 e. The minimum absolute atomic E-state index is 0.156. The molecule has 0 amide bonds. The van der Waals surface area contributed by atoms with Gasteiger partial charge >= 0.3 is 0 Å². The zero-order chi connectivity index (χ0) is 39.2. The molecule has 1 aliphatic rings. The van der Waals surface area contributed by atoms with E-state index >= 15 is 0 Å². The van der Waals surface area contributed by atoms with E-state index < -0.39 is 0 Å². The van der Waals surface area contributed by atoms with Crippen LogP contribution in [0.5, 0.6) is 0 Å². The van der Waals surface area contributed by atoms with Crippen LogP contribution in [0.15, 0.2) is 188 Å². The van der Waals surface area contributed by atoms with E-state index in [4.69, 9.17) is 9.97 Å². The van der Waals surface area contributed by atoms with Gasteiger partial charge in [0.1, 0.15) is 0 Å². The molecule has 3 nitrogen and oxygen atoms in total. The Balaban J connectivity index is 1.17. The van der Waals surface area contributed by atoms with E-state index in [1.807, 2.05) is 11.3 Å². The summed E-state index contributed by atoms with van der Waals surface area (Å²) in [6.45, 7) is 4.70. The Morgan fingerprint density at radius 1 is 0.407 bits per heavy atom. The summed E-state index contributed by atoms with van der Waals surface area (Å²) >= 11 is 1.83. The SMILES string of the molecule is CC1(C)c2ccccc2-c2cc3c4ccccc4n(-c4nc(-c5cc(-c6ccccc6)cc(-c6ccccc6)c5)cc(-c5cccc6sc7ccccc7c56)n4)c3cc21. The predicted octanol–water partition coefficient (Wildman–Crippen LogP) is 14.9. The van der Waals surface area contributed by atoms with Crippen LogP contribution in [0, 0.1) is 0 Å². The third-order valence-corrected chi connectivity index (χ3v) is 13.5. The lowest BCUT2D eigenvalue weighted by atomic mass is 9.82. The van der Waals surface area contributed by atoms with Crippen molar-refractivity contribution in [2.24, 2.45) is 0 Å². The number of benzene rings is 8. The van der Waals surface area contributed by atoms with Gasteiger partial charge in [0.15, 0.2) is 0 Å². The second-order valence-electron chi connectivity index (χ2n) is 16.2. The van der Waals surface area contributed by atoms with Gasteiger partial charge in [-0.05, 0) is 99.1 Å². The van der Waals surface area contributed by atoms with Gasteiger partial charge in [-0.2, -0.15) is 0 Å². The summed E-state index contributed by atoms with van der Waals surface area (Å²) in [4.78, 5) is 11.2. The van der Waals surface area contributed by atoms with E-state index in [1.54, 1.807) is 0 Å². The maximum atomic E-state index is 5.60. The van der Waals surface area contributed by atoms with Crippen molar-refractivity contribution in [2.45, 2.75) is 19.3 Å². The van der Waals surface area contributed by atoms with Crippen LogP contribution in [0.25, 0.3) is 104 Å². The van der Waals surface area contributed by atoms with Crippen LogP contribution >= 0.6 is 11.3 Å². The number of hydrogen-bond acceptors (Lipinski definition) is 3. The fourth-order valence-electron chi connectivity index (χ4n) is 9.56. The number of fused-ring (bicyclic) bond motifs is 9. The average molecular weight is 772 g/mol. The highest BCUT2D eigenvalue weighted by Gasteiger charge is 2.36. The molecule has 12 rings (SSSR count). The first-order valence-corrected chi connectivity index (χ1v) is 21.1. The second-order valence-corrected chi connectivity index (χ2v) is 17.3. The van der Waals surface area contributed by atoms with E-state index in [0.717, 1.165) is 55.8 Å². The molecule has 8 aromatic carbocycles. The highest BCUT2D eigenvalue weighted by atomic mass is 32.1. The topological polar surface area (TPSA) is 30.7 Å². The van der Waals surface area contributed by atoms with Gasteiger partial charge in [0, 0.05) is 47.5 Å². The Labute approximate surface area is 346 Å². The van der Waals surface area contributed by atoms with Gasteiger partial charge < -0.3 is 0 Å². The van der Waals surface area contributed by atoms with Gasteiger partial charge in [-0.25, -0.2) is 9.97 Å². The van der Waals surface area contributed by atoms with E-state index in [9.17, 15) is 0 Å². The minimum atomic E-state index is -0.156. The maximum absolute atomic E-state index is 5.60. The molecule has 0 bridgehead atoms. The molecule has 0 aliphatic heterocycles. The van der Waals surface area contributed by atoms with Gasteiger partial charge in [0.05, 0.1) is 22.4 Å². The molecule has 11 aromatic rings. The van der Waals surface area contributed by atoms with Crippen molar-refractivity contribution >= 4 is 53.3 Å². The number of para-hydroxylation sites is 1. The Kier molecular flexibility index (Phi) is 7.44. The van der Waals surface area contributed by atoms with E-state index in [0.29, 0.717) is 5.95 Å². The normalized spacial score (nSPS) is 13.1. The highest BCUT2D eigenvalue weighted by molar-refractivity contribution is 7.25. The molecular formula is C55H37N3S. The number of thiophene rings is 1. The van der Waals surface area contributed by atoms with E-state index in [-0.39, 0.29) is 5.41 Å². The summed E-state index contributed by atoms with van der Waals surface area (Å²) in [5, 5.41) is 4.86. The summed E-state index contributed by atoms with van der Waals surface area (Å²) in [7, 11) is 0. The van der Waals surface area contributed by atoms with Gasteiger partial charge in [0.2, 0.25) is 5.95 Å². The van der Waals surface area contributed by atoms with Crippen LogP contribution in [-0.2, 0) is 5.41 Å². The Hall–Kier alpha value is -7.14. The highest BCUT2D eigenvalue weighted by Crippen LogP contribution is 2.51. The minimum Gasteiger partial charge on any atom is -0.278 e. The van der Waals surface area contributed by atoms with Crippen LogP contribution in [0.4, 0.5) is 0 Å². The molecule has 4 heteroatoms. The molecule has 0 unspecified atom stereocenters. The molecule has 0 saturated carbocycles. The number of rotatable bonds is 5. The van der Waals surface area contributed by atoms with Gasteiger partial charge in [-0.3, -0.25) is 4.57 Å². The molecule has 0 fully saturated rings. The van der Waals surface area contributed by atoms with Crippen LogP contribution in [0.2, 0.25) is 0 Å². The van der Waals surface area contributed by atoms with Crippen LogP contribution in [0.1, 0.15) is 25.0 Å². The summed E-state index contributed by atoms with van der Waals surface area (Å²) in [5.74, 6) is 0.653. The van der Waals surface area contributed by atoms with Gasteiger partial charge in [-0.15, -0.1) is 11.3 Å². The molecular weight excluding hydrogens is 735 g/mol. The summed E-state index contributed by atoms with van der Waals surface area (Å²) in [5.41, 5.74) is 15.9. The van der Waals surface area contributed by atoms with Gasteiger partial charge in [-0.1, -0.05) is 147 Å². The van der Waals surface area contributed by atoms with Crippen molar-refractivity contribution in [3.63, 3.8) is 0 Å². The molecule has 1 aliphatic carbocycles. The summed E-state index contributed by atoms with van der Waals surface area (Å²) in [6.07, 6.45) is 0. The number of aromatic nitrogens is 3. The lowest BCUT2D eigenvalue weighted by Gasteiger charge is -2.21. The molecule has 278 valence electrons. The second kappa shape index (κ2) is 12.9. The molecule has 0 radical (unpaired) electrons. The lowest BCUT2D eigenvalue weighted by Crippen LogP contribution is -2.15. The summed E-state index contributed by atoms with van der Waals surface area (Å²) < 4.78 is 4.83. The Bertz CT molecular complexity index is 3410. The molecule has 0 N–H and O–H groups in total. The molecule has 3 heterocycles. The van der Waals surface area contributed by atoms with Crippen molar-refractivity contribution in [1.29, 1.82) is 0 Å². The van der Waals surface area contributed by atoms with Crippen molar-refractivity contribution in [3.05, 3.63) is 199 Å². The zero-order valence-electron chi connectivity index (χ0n) is 32.6. The van der Waals surface area contributed by atoms with Crippen molar-refractivity contribution < 1.29 is 0 Å². The molecule has 0 spiro atoms. The molecule has 0 atom stereocenters. The maximum Gasteiger partial charge on any atom is 0.235 e. The van der Waals surface area contributed by atoms with Crippen molar-refractivity contribution in [2.75, 3.05) is 0 Å². The zero-order valence-corrected chi connectivity index (χ0v) is 33.5. The first-order valence-electron chi connectivity index (χ1n) is 20.2. The Morgan fingerprint density at radius 2 is 1.02 bits per heavy atom. The van der Waals surface area contributed by atoms with Crippen LogP contribution in [-0.4, -0.2) is 14.5 Å². The Morgan fingerprint density at radius 3 is 1.80 bits per heavy atom. The standard InChI is InChI=1S/C55H37N3S/c1-55(2)45-24-12-9-20-39(45)43-31-44-40-21-10-13-25-49(40)58(50(44)32-46(43)55)54-56-47(33-48(57-54)41-23-15-27-52-53(41)42-22-11-14-26-51(42)59-52)38-29-36(34-16-5-3-6-17-34)28-37(30-38)35-18-7-4-8-19-35/h3-33H,1-2H3. The number of hydrogen-bond donors (Lipinski definition) is 0. The first kappa shape index (κ1) is 33.9. The van der Waals surface area contributed by atoms with E-state index in [1.165, 1.54) is 53.2 Å². The quantitative estimate of drug-likeness (QED) is 0.174. The fraction of sp³-hybridized carbons (Fsp3) is 0.0545. The fourth-order valence-corrected chi connectivity index (χ4v) is 10.7. The third-order valence-electron chi connectivity index (χ3n) is 12.4. The molecule has 59 heavy (non-hydrogen) atoms. The first-order chi connectivity index (χ1) is 29.0. The molecule has 0 saturated heterocycles. The smallest absolute Gasteiger partial charge is 0.235 e. The predicted molar refractivity (Wildman–Crippen MR) is 249 cm³/mol. The average Bonchev–Trinajstić information content (AvgIpc) is 3.91. The van der Waals surface area contributed by atoms with Gasteiger partial charge in [0.25, 0.3) is 0 Å². The van der Waals surface area contributed by atoms with Crippen molar-refractivity contribution in [3.8, 4) is 61.8 Å². The van der Waals surface area contributed by atoms with Crippen LogP contribution < -0.4 is 0 Å². The number of nitrogens with zero attached hydrogens (tertiary/aromatic N) is 3. The van der Waals surface area contributed by atoms with Crippen molar-refractivity contribution in [1.82, 2.24) is 14.5 Å². The third kappa shape index (κ3) is 5.26. The lowest BCUT2D eigenvalue weighted by molar-refractivity contribution is 0.661. The van der Waals surface area contributed by atoms with E-state index in [2.05, 4.69) is 206 Å².